The van der Waals surface area contributed by atoms with Gasteiger partial charge in [-0.05, 0) is 56.1 Å². The lowest BCUT2D eigenvalue weighted by atomic mass is 10.3. The number of hydrogen-bond donors (Lipinski definition) is 0. The number of hydrogen-bond acceptors (Lipinski definition) is 3. The van der Waals surface area contributed by atoms with Crippen molar-refractivity contribution >= 4 is 31.9 Å². The number of benzene rings is 1. The van der Waals surface area contributed by atoms with Crippen LogP contribution in [0.5, 0.6) is 5.75 Å². The molecule has 6 heteroatoms. The van der Waals surface area contributed by atoms with Crippen LogP contribution in [0.4, 0.5) is 0 Å². The topological polar surface area (TPSA) is 44.1 Å². The van der Waals surface area contributed by atoms with Gasteiger partial charge < -0.3 is 4.74 Å². The van der Waals surface area contributed by atoms with E-state index in [1.807, 2.05) is 0 Å². The Balaban J connectivity index is 2.53. The first-order valence-corrected chi connectivity index (χ1v) is 6.30. The highest BCUT2D eigenvalue weighted by Crippen LogP contribution is 2.18. The zero-order valence-electron chi connectivity index (χ0n) is 8.85. The molecule has 2 aromatic rings. The summed E-state index contributed by atoms with van der Waals surface area (Å²) in [5.41, 5.74) is 0.466. The van der Waals surface area contributed by atoms with Gasteiger partial charge in [0.15, 0.2) is 0 Å². The van der Waals surface area contributed by atoms with E-state index in [1.54, 1.807) is 37.6 Å². The second kappa shape index (κ2) is 5.01. The molecule has 0 saturated heterocycles. The summed E-state index contributed by atoms with van der Waals surface area (Å²) in [5.74, 6) is 0.734. The Hall–Kier alpha value is -1.14. The Morgan fingerprint density at radius 1 is 1.24 bits per heavy atom. The molecule has 1 aromatic carbocycles. The Morgan fingerprint density at radius 2 is 1.88 bits per heavy atom. The highest BCUT2D eigenvalue weighted by molar-refractivity contribution is 9.13. The molecule has 88 valence electrons. The standard InChI is InChI=1S/C11H8Br2N2O2/c1-17-8-4-2-7(3-5-8)15-11(16)10(13)9(12)6-14-15/h2-6H,1H3. The Morgan fingerprint density at radius 3 is 2.47 bits per heavy atom. The summed E-state index contributed by atoms with van der Waals surface area (Å²) in [6.07, 6.45) is 1.57. The summed E-state index contributed by atoms with van der Waals surface area (Å²) in [6.45, 7) is 0. The van der Waals surface area contributed by atoms with Crippen molar-refractivity contribution in [3.05, 3.63) is 49.8 Å². The van der Waals surface area contributed by atoms with Crippen molar-refractivity contribution in [1.29, 1.82) is 0 Å². The van der Waals surface area contributed by atoms with Crippen molar-refractivity contribution in [3.8, 4) is 11.4 Å². The molecular formula is C11H8Br2N2O2. The van der Waals surface area contributed by atoms with Crippen LogP contribution in [0.3, 0.4) is 0 Å². The summed E-state index contributed by atoms with van der Waals surface area (Å²) < 4.78 is 7.45. The molecule has 0 bridgehead atoms. The monoisotopic (exact) mass is 358 g/mol. The highest BCUT2D eigenvalue weighted by Gasteiger charge is 2.08. The van der Waals surface area contributed by atoms with Gasteiger partial charge >= 0.3 is 0 Å². The van der Waals surface area contributed by atoms with Gasteiger partial charge in [0.2, 0.25) is 0 Å². The molecule has 0 radical (unpaired) electrons. The second-order valence-electron chi connectivity index (χ2n) is 3.22. The first-order chi connectivity index (χ1) is 8.13. The summed E-state index contributed by atoms with van der Waals surface area (Å²) in [6, 6.07) is 7.10. The van der Waals surface area contributed by atoms with Crippen LogP contribution in [0, 0.1) is 0 Å². The molecule has 0 aliphatic rings. The van der Waals surface area contributed by atoms with E-state index in [0.717, 1.165) is 5.75 Å². The van der Waals surface area contributed by atoms with Gasteiger partial charge in [-0.25, -0.2) is 0 Å². The van der Waals surface area contributed by atoms with E-state index in [-0.39, 0.29) is 5.56 Å². The third kappa shape index (κ3) is 2.42. The van der Waals surface area contributed by atoms with E-state index in [4.69, 9.17) is 4.74 Å². The van der Waals surface area contributed by atoms with E-state index in [9.17, 15) is 4.79 Å². The maximum Gasteiger partial charge on any atom is 0.286 e. The Labute approximate surface area is 114 Å². The lowest BCUT2D eigenvalue weighted by molar-refractivity contribution is 0.414. The van der Waals surface area contributed by atoms with E-state index in [1.165, 1.54) is 4.68 Å². The molecule has 0 N–H and O–H groups in total. The summed E-state index contributed by atoms with van der Waals surface area (Å²) in [4.78, 5) is 11.9. The van der Waals surface area contributed by atoms with Gasteiger partial charge in [0.1, 0.15) is 10.2 Å². The average molecular weight is 360 g/mol. The van der Waals surface area contributed by atoms with Crippen LogP contribution in [-0.2, 0) is 0 Å². The molecule has 4 nitrogen and oxygen atoms in total. The SMILES string of the molecule is COc1ccc(-n2ncc(Br)c(Br)c2=O)cc1. The Kier molecular flexibility index (Phi) is 3.63. The quantitative estimate of drug-likeness (QED) is 0.828. The van der Waals surface area contributed by atoms with Crippen molar-refractivity contribution in [1.82, 2.24) is 9.78 Å². The van der Waals surface area contributed by atoms with Crippen molar-refractivity contribution in [2.24, 2.45) is 0 Å². The fraction of sp³-hybridized carbons (Fsp3) is 0.0909. The predicted molar refractivity (Wildman–Crippen MR) is 71.8 cm³/mol. The highest BCUT2D eigenvalue weighted by atomic mass is 79.9. The van der Waals surface area contributed by atoms with Gasteiger partial charge in [0, 0.05) is 0 Å². The van der Waals surface area contributed by atoms with Crippen LogP contribution in [0.25, 0.3) is 5.69 Å². The molecular weight excluding hydrogens is 352 g/mol. The van der Waals surface area contributed by atoms with Crippen molar-refractivity contribution in [2.75, 3.05) is 7.11 Å². The summed E-state index contributed by atoms with van der Waals surface area (Å²) in [7, 11) is 1.59. The first kappa shape index (κ1) is 12.3. The normalized spacial score (nSPS) is 10.3. The van der Waals surface area contributed by atoms with E-state index < -0.39 is 0 Å². The smallest absolute Gasteiger partial charge is 0.286 e. The molecule has 0 fully saturated rings. The van der Waals surface area contributed by atoms with Crippen molar-refractivity contribution in [3.63, 3.8) is 0 Å². The van der Waals surface area contributed by atoms with Crippen molar-refractivity contribution in [2.45, 2.75) is 0 Å². The van der Waals surface area contributed by atoms with Crippen LogP contribution >= 0.6 is 31.9 Å². The molecule has 0 amide bonds. The maximum absolute atomic E-state index is 11.9. The van der Waals surface area contributed by atoms with Crippen LogP contribution in [0.15, 0.2) is 44.2 Å². The van der Waals surface area contributed by atoms with E-state index in [0.29, 0.717) is 14.6 Å². The number of rotatable bonds is 2. The molecule has 17 heavy (non-hydrogen) atoms. The fourth-order valence-electron chi connectivity index (χ4n) is 1.32. The van der Waals surface area contributed by atoms with Crippen LogP contribution in [-0.4, -0.2) is 16.9 Å². The zero-order valence-corrected chi connectivity index (χ0v) is 12.0. The number of aromatic nitrogens is 2. The van der Waals surface area contributed by atoms with Gasteiger partial charge in [0.25, 0.3) is 5.56 Å². The largest absolute Gasteiger partial charge is 0.497 e. The molecule has 0 aliphatic heterocycles. The van der Waals surface area contributed by atoms with E-state index >= 15 is 0 Å². The summed E-state index contributed by atoms with van der Waals surface area (Å²) >= 11 is 6.44. The lowest BCUT2D eigenvalue weighted by Crippen LogP contribution is -2.21. The lowest BCUT2D eigenvalue weighted by Gasteiger charge is -2.06. The minimum atomic E-state index is -0.218. The zero-order chi connectivity index (χ0) is 12.4. The fourth-order valence-corrected chi connectivity index (χ4v) is 1.85. The molecule has 1 aromatic heterocycles. The van der Waals surface area contributed by atoms with Crippen molar-refractivity contribution < 1.29 is 4.74 Å². The molecule has 0 saturated carbocycles. The number of ether oxygens (including phenoxy) is 1. The van der Waals surface area contributed by atoms with Gasteiger partial charge in [0.05, 0.1) is 23.5 Å². The number of halogens is 2. The molecule has 1 heterocycles. The first-order valence-electron chi connectivity index (χ1n) is 4.71. The van der Waals surface area contributed by atoms with Gasteiger partial charge in [-0.3, -0.25) is 4.79 Å². The van der Waals surface area contributed by atoms with Gasteiger partial charge in [-0.2, -0.15) is 9.78 Å². The molecule has 0 atom stereocenters. The molecule has 2 rings (SSSR count). The molecule has 0 spiro atoms. The molecule has 0 unspecified atom stereocenters. The third-order valence-corrected chi connectivity index (χ3v) is 4.09. The minimum Gasteiger partial charge on any atom is -0.497 e. The predicted octanol–water partition coefficient (Wildman–Crippen LogP) is 2.77. The number of methoxy groups -OCH3 is 1. The summed E-state index contributed by atoms with van der Waals surface area (Å²) in [5, 5.41) is 4.05. The molecule has 0 aliphatic carbocycles. The third-order valence-electron chi connectivity index (χ3n) is 2.19. The van der Waals surface area contributed by atoms with E-state index in [2.05, 4.69) is 37.0 Å². The number of nitrogens with zero attached hydrogens (tertiary/aromatic N) is 2. The second-order valence-corrected chi connectivity index (χ2v) is 4.87. The maximum atomic E-state index is 11.9. The van der Waals surface area contributed by atoms with Gasteiger partial charge in [-0.15, -0.1) is 0 Å². The van der Waals surface area contributed by atoms with Crippen LogP contribution in [0.2, 0.25) is 0 Å². The van der Waals surface area contributed by atoms with Crippen LogP contribution in [0.1, 0.15) is 0 Å². The average Bonchev–Trinajstić information content (AvgIpc) is 2.36. The van der Waals surface area contributed by atoms with Gasteiger partial charge in [-0.1, -0.05) is 0 Å². The Bertz CT molecular complexity index is 593. The minimum absolute atomic E-state index is 0.218. The van der Waals surface area contributed by atoms with Crippen LogP contribution < -0.4 is 10.3 Å².